The SMILES string of the molecule is CCCCCCCCCCCCCC(=O)OC[C@H](COP(=O)(OCc1ccccc1)OCC(COP(=O)(OCc1ccccc1)OC[C@@H](COC(=O)CCCCCCCCCCCCC)OC(=O)CCCCCCCCCCCCC)OCc1ccccc1)OC(=O)CCCCCCCCCCCCC. The van der Waals surface area contributed by atoms with Crippen LogP contribution < -0.4 is 0 Å². The smallest absolute Gasteiger partial charge is 0.462 e. The van der Waals surface area contributed by atoms with Crippen LogP contribution in [0.5, 0.6) is 0 Å². The number of hydrogen-bond donors (Lipinski definition) is 0. The van der Waals surface area contributed by atoms with Gasteiger partial charge in [-0.2, -0.15) is 0 Å². The molecule has 0 saturated heterocycles. The summed E-state index contributed by atoms with van der Waals surface area (Å²) in [5, 5.41) is 0. The first-order valence-electron chi connectivity index (χ1n) is 41.9. The van der Waals surface area contributed by atoms with E-state index in [2.05, 4.69) is 27.7 Å². The lowest BCUT2D eigenvalue weighted by atomic mass is 10.1. The Bertz CT molecular complexity index is 2460. The molecule has 105 heavy (non-hydrogen) atoms. The highest BCUT2D eigenvalue weighted by Gasteiger charge is 2.35. The van der Waals surface area contributed by atoms with Gasteiger partial charge in [0, 0.05) is 25.7 Å². The van der Waals surface area contributed by atoms with Gasteiger partial charge in [0.05, 0.1) is 46.2 Å². The summed E-state index contributed by atoms with van der Waals surface area (Å²) in [7, 11) is -9.34. The van der Waals surface area contributed by atoms with Crippen molar-refractivity contribution in [2.24, 2.45) is 0 Å². The number of carbonyl (C=O) groups is 4. The zero-order valence-corrected chi connectivity index (χ0v) is 67.8. The quantitative estimate of drug-likeness (QED) is 0.0223. The third kappa shape index (κ3) is 55.7. The Morgan fingerprint density at radius 1 is 0.257 bits per heavy atom. The lowest BCUT2D eigenvalue weighted by molar-refractivity contribution is -0.161. The molecule has 0 heterocycles. The Hall–Kier alpha value is -4.28. The fourth-order valence-electron chi connectivity index (χ4n) is 12.3. The van der Waals surface area contributed by atoms with Crippen LogP contribution in [0, 0.1) is 0 Å². The standard InChI is InChI=1S/C86H144O17P2/c1-5-9-13-17-21-25-29-33-37-41-54-64-83(87)94-71-81(102-85(89)66-56-43-39-35-31-27-23-19-15-11-7-3)75-100-104(91,96-69-78-60-50-46-51-61-78)98-73-80(93-68-77-58-48-45-49-59-77)74-99-105(92,97-70-79-62-52-47-53-63-79)101-76-82(103-86(90)67-57-44-40-36-32-28-24-20-16-12-8-4)72-95-84(88)65-55-42-38-34-30-26-22-18-14-10-6-2/h45-53,58-63,80-82H,5-44,54-57,64-76H2,1-4H3/t80?,81-,82-,104?,105?/m1/s1. The van der Waals surface area contributed by atoms with Gasteiger partial charge in [-0.15, -0.1) is 0 Å². The van der Waals surface area contributed by atoms with E-state index in [-0.39, 0.29) is 58.7 Å². The molecule has 0 aliphatic carbocycles. The number of rotatable bonds is 75. The van der Waals surface area contributed by atoms with Crippen molar-refractivity contribution in [1.82, 2.24) is 0 Å². The molecule has 0 saturated carbocycles. The monoisotopic (exact) mass is 1510 g/mol. The third-order valence-electron chi connectivity index (χ3n) is 18.9. The average molecular weight is 1510 g/mol. The van der Waals surface area contributed by atoms with Crippen molar-refractivity contribution in [2.75, 3.05) is 39.6 Å². The van der Waals surface area contributed by atoms with Gasteiger partial charge >= 0.3 is 39.5 Å². The molecule has 0 spiro atoms. The van der Waals surface area contributed by atoms with Crippen LogP contribution in [0.2, 0.25) is 0 Å². The summed E-state index contributed by atoms with van der Waals surface area (Å²) in [6.45, 7) is 5.70. The van der Waals surface area contributed by atoms with Crippen LogP contribution in [0.15, 0.2) is 91.0 Å². The van der Waals surface area contributed by atoms with Gasteiger partial charge in [-0.25, -0.2) is 9.13 Å². The van der Waals surface area contributed by atoms with Gasteiger partial charge in [0.1, 0.15) is 19.3 Å². The van der Waals surface area contributed by atoms with E-state index in [4.69, 9.17) is 50.8 Å². The topological polar surface area (TPSA) is 204 Å². The summed E-state index contributed by atoms with van der Waals surface area (Å²) in [4.78, 5) is 53.7. The molecule has 3 aromatic carbocycles. The highest BCUT2D eigenvalue weighted by atomic mass is 31.2. The lowest BCUT2D eigenvalue weighted by Crippen LogP contribution is -2.31. The predicted octanol–water partition coefficient (Wildman–Crippen LogP) is 25.0. The molecular formula is C86H144O17P2. The van der Waals surface area contributed by atoms with Crippen LogP contribution >= 0.6 is 15.6 Å². The second-order valence-electron chi connectivity index (χ2n) is 28.7. The van der Waals surface area contributed by atoms with Crippen molar-refractivity contribution in [3.63, 3.8) is 0 Å². The summed E-state index contributed by atoms with van der Waals surface area (Å²) in [5.74, 6) is -1.89. The molecule has 0 radical (unpaired) electrons. The summed E-state index contributed by atoms with van der Waals surface area (Å²) in [6.07, 6.45) is 46.8. The summed E-state index contributed by atoms with van der Waals surface area (Å²) < 4.78 is 96.8. The minimum Gasteiger partial charge on any atom is -0.462 e. The van der Waals surface area contributed by atoms with Crippen LogP contribution in [-0.4, -0.2) is 81.8 Å². The van der Waals surface area contributed by atoms with E-state index in [0.29, 0.717) is 36.8 Å². The van der Waals surface area contributed by atoms with E-state index in [0.717, 1.165) is 82.6 Å². The number of benzene rings is 3. The first-order chi connectivity index (χ1) is 51.4. The summed E-state index contributed by atoms with van der Waals surface area (Å²) >= 11 is 0. The molecule has 4 atom stereocenters. The van der Waals surface area contributed by atoms with Gasteiger partial charge < -0.3 is 23.7 Å². The second kappa shape index (κ2) is 66.7. The van der Waals surface area contributed by atoms with Crippen LogP contribution in [0.4, 0.5) is 0 Å². The predicted molar refractivity (Wildman–Crippen MR) is 422 cm³/mol. The Morgan fingerprint density at radius 3 is 0.733 bits per heavy atom. The molecule has 0 bridgehead atoms. The summed E-state index contributed by atoms with van der Waals surface area (Å²) in [5.41, 5.74) is 2.08. The van der Waals surface area contributed by atoms with Gasteiger partial charge in [-0.05, 0) is 42.4 Å². The zero-order chi connectivity index (χ0) is 75.5. The third-order valence-corrected chi connectivity index (χ3v) is 21.6. The zero-order valence-electron chi connectivity index (χ0n) is 66.0. The van der Waals surface area contributed by atoms with Crippen molar-refractivity contribution in [1.29, 1.82) is 0 Å². The van der Waals surface area contributed by atoms with Crippen molar-refractivity contribution in [3.05, 3.63) is 108 Å². The Labute approximate surface area is 636 Å². The van der Waals surface area contributed by atoms with Crippen molar-refractivity contribution < 1.29 is 79.1 Å². The fraction of sp³-hybridized carbons (Fsp3) is 0.744. The molecule has 17 nitrogen and oxygen atoms in total. The van der Waals surface area contributed by atoms with Gasteiger partial charge in [-0.1, -0.05) is 376 Å². The highest BCUT2D eigenvalue weighted by Crippen LogP contribution is 2.53. The van der Waals surface area contributed by atoms with E-state index in [1.165, 1.54) is 180 Å². The number of esters is 4. The summed E-state index contributed by atoms with van der Waals surface area (Å²) in [6, 6.07) is 27.4. The van der Waals surface area contributed by atoms with Crippen LogP contribution in [0.1, 0.15) is 353 Å². The van der Waals surface area contributed by atoms with Gasteiger partial charge in [-0.3, -0.25) is 46.3 Å². The lowest BCUT2D eigenvalue weighted by Gasteiger charge is -2.26. The van der Waals surface area contributed by atoms with E-state index in [1.54, 1.807) is 24.3 Å². The van der Waals surface area contributed by atoms with Crippen LogP contribution in [-0.2, 0) is 99.0 Å². The van der Waals surface area contributed by atoms with Crippen LogP contribution in [0.3, 0.4) is 0 Å². The normalized spacial score (nSPS) is 13.6. The Kier molecular flexibility index (Phi) is 60.3. The van der Waals surface area contributed by atoms with E-state index in [1.807, 2.05) is 66.7 Å². The minimum atomic E-state index is -4.67. The van der Waals surface area contributed by atoms with Crippen molar-refractivity contribution in [2.45, 2.75) is 374 Å². The number of carbonyl (C=O) groups excluding carboxylic acids is 4. The molecule has 0 N–H and O–H groups in total. The first kappa shape index (κ1) is 94.9. The molecule has 0 fully saturated rings. The van der Waals surface area contributed by atoms with E-state index < -0.39 is 84.3 Å². The number of hydrogen-bond acceptors (Lipinski definition) is 17. The maximum Gasteiger partial charge on any atom is 0.475 e. The minimum absolute atomic E-state index is 0.00765. The van der Waals surface area contributed by atoms with Crippen molar-refractivity contribution in [3.8, 4) is 0 Å². The van der Waals surface area contributed by atoms with Crippen LogP contribution in [0.25, 0.3) is 0 Å². The van der Waals surface area contributed by atoms with E-state index >= 15 is 9.13 Å². The maximum atomic E-state index is 15.2. The average Bonchev–Trinajstić information content (AvgIpc) is 0.865. The van der Waals surface area contributed by atoms with Gasteiger partial charge in [0.15, 0.2) is 12.2 Å². The molecule has 0 amide bonds. The van der Waals surface area contributed by atoms with E-state index in [9.17, 15) is 19.2 Å². The molecule has 0 aliphatic heterocycles. The first-order valence-corrected chi connectivity index (χ1v) is 44.8. The molecule has 3 rings (SSSR count). The largest absolute Gasteiger partial charge is 0.475 e. The van der Waals surface area contributed by atoms with Gasteiger partial charge in [0.25, 0.3) is 0 Å². The molecule has 19 heteroatoms. The highest BCUT2D eigenvalue weighted by molar-refractivity contribution is 7.48. The fourth-order valence-corrected chi connectivity index (χ4v) is 14.7. The molecule has 600 valence electrons. The molecule has 0 aromatic heterocycles. The second-order valence-corrected chi connectivity index (χ2v) is 32.1. The van der Waals surface area contributed by atoms with Crippen molar-refractivity contribution >= 4 is 39.5 Å². The molecule has 2 unspecified atom stereocenters. The number of ether oxygens (including phenoxy) is 5. The Balaban J connectivity index is 1.84. The van der Waals surface area contributed by atoms with Gasteiger partial charge in [0.2, 0.25) is 0 Å². The molecule has 3 aromatic rings. The molecule has 0 aliphatic rings. The maximum absolute atomic E-state index is 15.2. The number of unbranched alkanes of at least 4 members (excludes halogenated alkanes) is 40. The number of phosphoric ester groups is 2. The number of phosphoric acid groups is 2. The molecular weight excluding hydrogens is 1370 g/mol. The Morgan fingerprint density at radius 2 is 0.476 bits per heavy atom.